The van der Waals surface area contributed by atoms with Crippen molar-refractivity contribution in [1.29, 1.82) is 0 Å². The summed E-state index contributed by atoms with van der Waals surface area (Å²) in [5, 5.41) is 9.36. The van der Waals surface area contributed by atoms with E-state index in [1.165, 1.54) is 0 Å². The van der Waals surface area contributed by atoms with Crippen LogP contribution in [0.2, 0.25) is 0 Å². The predicted octanol–water partition coefficient (Wildman–Crippen LogP) is 2.57. The number of aliphatic hydroxyl groups is 1. The Labute approximate surface area is 270 Å². The lowest BCUT2D eigenvalue weighted by molar-refractivity contribution is -0.143. The van der Waals surface area contributed by atoms with Gasteiger partial charge in [-0.15, -0.1) is 11.8 Å². The van der Waals surface area contributed by atoms with Crippen molar-refractivity contribution < 1.29 is 29.0 Å². The number of morpholine rings is 1. The Balaban J connectivity index is 1.33. The van der Waals surface area contributed by atoms with E-state index >= 15 is 0 Å². The minimum absolute atomic E-state index is 0.0429. The molecule has 1 aromatic rings. The van der Waals surface area contributed by atoms with Crippen LogP contribution >= 0.6 is 11.8 Å². The summed E-state index contributed by atoms with van der Waals surface area (Å²) in [7, 11) is 0. The van der Waals surface area contributed by atoms with E-state index in [1.807, 2.05) is 48.2 Å². The fourth-order valence-corrected chi connectivity index (χ4v) is 9.95. The van der Waals surface area contributed by atoms with E-state index < -0.39 is 27.4 Å². The van der Waals surface area contributed by atoms with Crippen LogP contribution in [-0.2, 0) is 19.1 Å². The molecular weight excluding hydrogens is 592 g/mol. The SMILES string of the molecule is CCOc1ccc(N2CC=C[C@]3(C)S[C@]45C=CCN(CCN6CCOCC6)C(=O)C4N(CCCCCO)C(=O)[C@@H]5[C@@H]3C2=O)cc1. The van der Waals surface area contributed by atoms with Gasteiger partial charge in [0, 0.05) is 62.9 Å². The molecule has 3 saturated heterocycles. The maximum Gasteiger partial charge on any atom is 0.247 e. The first-order valence-corrected chi connectivity index (χ1v) is 17.2. The number of anilines is 1. The number of amides is 3. The number of hydrogen-bond donors (Lipinski definition) is 1. The monoisotopic (exact) mass is 638 g/mol. The number of carbonyl (C=O) groups is 3. The van der Waals surface area contributed by atoms with Crippen LogP contribution in [0.1, 0.15) is 33.1 Å². The molecule has 0 saturated carbocycles. The first kappa shape index (κ1) is 32.1. The number of nitrogens with zero attached hydrogens (tertiary/aromatic N) is 4. The minimum Gasteiger partial charge on any atom is -0.494 e. The van der Waals surface area contributed by atoms with E-state index in [9.17, 15) is 19.5 Å². The van der Waals surface area contributed by atoms with E-state index in [4.69, 9.17) is 9.47 Å². The number of benzene rings is 1. The van der Waals surface area contributed by atoms with Crippen LogP contribution in [0.3, 0.4) is 0 Å². The molecule has 0 aliphatic carbocycles. The lowest BCUT2D eigenvalue weighted by Crippen LogP contribution is -2.54. The molecule has 5 atom stereocenters. The first-order chi connectivity index (χ1) is 21.8. The Morgan fingerprint density at radius 1 is 0.911 bits per heavy atom. The summed E-state index contributed by atoms with van der Waals surface area (Å²) in [4.78, 5) is 51.6. The minimum atomic E-state index is -0.861. The number of fused-ring (bicyclic) bond motifs is 2. The fraction of sp³-hybridized carbons (Fsp3) is 0.618. The molecule has 11 heteroatoms. The van der Waals surface area contributed by atoms with Crippen LogP contribution in [0.5, 0.6) is 5.75 Å². The van der Waals surface area contributed by atoms with Gasteiger partial charge >= 0.3 is 0 Å². The highest BCUT2D eigenvalue weighted by Gasteiger charge is 2.73. The van der Waals surface area contributed by atoms with Gasteiger partial charge < -0.3 is 29.3 Å². The zero-order valence-electron chi connectivity index (χ0n) is 26.4. The number of aliphatic hydroxyl groups excluding tert-OH is 1. The number of thioether (sulfide) groups is 1. The molecular formula is C34H46N4O6S. The summed E-state index contributed by atoms with van der Waals surface area (Å²) < 4.78 is 9.60. The van der Waals surface area contributed by atoms with Gasteiger partial charge in [0.25, 0.3) is 0 Å². The Bertz CT molecular complexity index is 1320. The predicted molar refractivity (Wildman–Crippen MR) is 174 cm³/mol. The van der Waals surface area contributed by atoms with Crippen molar-refractivity contribution in [2.75, 3.05) is 77.1 Å². The number of carbonyl (C=O) groups excluding carboxylic acids is 3. The average Bonchev–Trinajstić information content (AvgIpc) is 3.31. The molecule has 6 rings (SSSR count). The van der Waals surface area contributed by atoms with Gasteiger partial charge in [0.15, 0.2) is 0 Å². The average molecular weight is 639 g/mol. The number of likely N-dealkylation sites (tertiary alicyclic amines) is 1. The molecule has 3 fully saturated rings. The second-order valence-electron chi connectivity index (χ2n) is 12.7. The molecule has 5 heterocycles. The van der Waals surface area contributed by atoms with Crippen LogP contribution in [0.15, 0.2) is 48.6 Å². The second kappa shape index (κ2) is 13.5. The van der Waals surface area contributed by atoms with E-state index in [0.29, 0.717) is 58.8 Å². The Hall–Kier alpha value is -2.86. The van der Waals surface area contributed by atoms with Crippen molar-refractivity contribution in [3.63, 3.8) is 0 Å². The molecule has 45 heavy (non-hydrogen) atoms. The molecule has 5 aliphatic heterocycles. The summed E-state index contributed by atoms with van der Waals surface area (Å²) >= 11 is 1.62. The molecule has 1 N–H and O–H groups in total. The molecule has 5 aliphatic rings. The highest BCUT2D eigenvalue weighted by atomic mass is 32.2. The van der Waals surface area contributed by atoms with Crippen molar-refractivity contribution in [1.82, 2.24) is 14.7 Å². The summed E-state index contributed by atoms with van der Waals surface area (Å²) in [5.41, 5.74) is 0.757. The van der Waals surface area contributed by atoms with Crippen molar-refractivity contribution >= 4 is 35.2 Å². The lowest BCUT2D eigenvalue weighted by Gasteiger charge is -2.37. The zero-order valence-corrected chi connectivity index (χ0v) is 27.3. The van der Waals surface area contributed by atoms with Crippen LogP contribution in [0, 0.1) is 11.8 Å². The molecule has 1 spiro atoms. The number of rotatable bonds is 11. The number of ether oxygens (including phenoxy) is 2. The molecule has 244 valence electrons. The largest absolute Gasteiger partial charge is 0.494 e. The van der Waals surface area contributed by atoms with Gasteiger partial charge in [-0.25, -0.2) is 0 Å². The molecule has 0 bridgehead atoms. The fourth-order valence-electron chi connectivity index (χ4n) is 7.79. The van der Waals surface area contributed by atoms with Crippen molar-refractivity contribution in [2.24, 2.45) is 11.8 Å². The van der Waals surface area contributed by atoms with Crippen molar-refractivity contribution in [2.45, 2.75) is 48.6 Å². The standard InChI is InChI=1S/C34H46N4O6S/c1-3-44-26-11-9-25(10-12-26)37-17-7-13-33(2)27(30(37)40)28-31(41)38(16-5-4-6-22-39)29-32(42)36(15-8-14-34(28,29)45-33)19-18-35-20-23-43-24-21-35/h7-14,27-29,39H,3-6,15-24H2,1-2H3/t27-,28+,29?,33+,34+/m1/s1. The molecule has 1 unspecified atom stereocenters. The first-order valence-electron chi connectivity index (χ1n) is 16.4. The maximum atomic E-state index is 14.6. The molecule has 0 radical (unpaired) electrons. The van der Waals surface area contributed by atoms with E-state index in [2.05, 4.69) is 24.0 Å². The summed E-state index contributed by atoms with van der Waals surface area (Å²) in [6.45, 7) is 10.4. The van der Waals surface area contributed by atoms with Crippen molar-refractivity contribution in [3.05, 3.63) is 48.6 Å². The van der Waals surface area contributed by atoms with Gasteiger partial charge in [-0.1, -0.05) is 24.3 Å². The van der Waals surface area contributed by atoms with Crippen LogP contribution in [0.25, 0.3) is 0 Å². The molecule has 3 amide bonds. The Morgan fingerprint density at radius 2 is 1.67 bits per heavy atom. The van der Waals surface area contributed by atoms with E-state index in [0.717, 1.165) is 37.5 Å². The summed E-state index contributed by atoms with van der Waals surface area (Å²) in [5.74, 6) is -0.820. The Morgan fingerprint density at radius 3 is 2.40 bits per heavy atom. The van der Waals surface area contributed by atoms with Gasteiger partial charge in [0.05, 0.1) is 36.4 Å². The second-order valence-corrected chi connectivity index (χ2v) is 14.5. The third-order valence-corrected chi connectivity index (χ3v) is 11.7. The number of unbranched alkanes of at least 4 members (excludes halogenated alkanes) is 2. The van der Waals surface area contributed by atoms with Crippen LogP contribution < -0.4 is 9.64 Å². The normalized spacial score (nSPS) is 31.6. The zero-order chi connectivity index (χ0) is 31.6. The smallest absolute Gasteiger partial charge is 0.247 e. The van der Waals surface area contributed by atoms with Gasteiger partial charge in [0.2, 0.25) is 17.7 Å². The van der Waals surface area contributed by atoms with E-state index in [1.54, 1.807) is 21.6 Å². The van der Waals surface area contributed by atoms with Crippen molar-refractivity contribution in [3.8, 4) is 5.75 Å². The molecule has 1 aromatic carbocycles. The topological polar surface area (TPSA) is 103 Å². The lowest BCUT2D eigenvalue weighted by atomic mass is 9.74. The van der Waals surface area contributed by atoms with Crippen LogP contribution in [0.4, 0.5) is 5.69 Å². The summed E-state index contributed by atoms with van der Waals surface area (Å²) in [6, 6.07) is 6.83. The maximum absolute atomic E-state index is 14.6. The van der Waals surface area contributed by atoms with E-state index in [-0.39, 0.29) is 24.3 Å². The van der Waals surface area contributed by atoms with Gasteiger partial charge in [-0.3, -0.25) is 19.3 Å². The third-order valence-electron chi connectivity index (χ3n) is 9.95. The van der Waals surface area contributed by atoms with Gasteiger partial charge in [-0.05, 0) is 57.4 Å². The van der Waals surface area contributed by atoms with Gasteiger partial charge in [0.1, 0.15) is 11.8 Å². The van der Waals surface area contributed by atoms with Gasteiger partial charge in [-0.2, -0.15) is 0 Å². The number of hydrogen-bond acceptors (Lipinski definition) is 8. The molecule has 0 aromatic heterocycles. The van der Waals surface area contributed by atoms with Crippen LogP contribution in [-0.4, -0.2) is 125 Å². The third kappa shape index (κ3) is 5.92. The highest BCUT2D eigenvalue weighted by molar-refractivity contribution is 8.02. The molecule has 10 nitrogen and oxygen atoms in total. The quantitative estimate of drug-likeness (QED) is 0.292. The summed E-state index contributed by atoms with van der Waals surface area (Å²) in [6.07, 6.45) is 10.4. The highest BCUT2D eigenvalue weighted by Crippen LogP contribution is 2.65. The Kier molecular flexibility index (Phi) is 9.61.